The molecule has 60 valence electrons. The molecule has 0 unspecified atom stereocenters. The molecule has 0 saturated carbocycles. The number of aliphatic carboxylic acids is 1. The fraction of sp³-hybridized carbons (Fsp3) is 0.714. The Hall–Kier alpha value is -0.0600. The Morgan fingerprint density at radius 3 is 2.58 bits per heavy atom. The van der Waals surface area contributed by atoms with Crippen LogP contribution >= 0.6 is 0 Å². The molecule has 4 nitrogen and oxygen atoms in total. The zero-order valence-electron chi connectivity index (χ0n) is 6.95. The van der Waals surface area contributed by atoms with E-state index in [2.05, 4.69) is 0 Å². The normalized spacial score (nSPS) is 32.0. The van der Waals surface area contributed by atoms with E-state index < -0.39 is 12.0 Å². The van der Waals surface area contributed by atoms with Gasteiger partial charge in [-0.2, -0.15) is 0 Å². The second kappa shape index (κ2) is 3.36. The summed E-state index contributed by atoms with van der Waals surface area (Å²) >= 11 is 0. The van der Waals surface area contributed by atoms with Gasteiger partial charge in [0, 0.05) is 12.5 Å². The van der Waals surface area contributed by atoms with Gasteiger partial charge in [-0.15, -0.1) is 0 Å². The van der Waals surface area contributed by atoms with Crippen LogP contribution in [-0.2, 0) is 9.59 Å². The number of nitrogens with zero attached hydrogens (tertiary/aromatic N) is 1. The SMILES string of the molecule is O=C([O-])[C@H]1CC[C@@H]2CC(=O)N21.[Na+]. The molecule has 0 N–H and O–H groups in total. The summed E-state index contributed by atoms with van der Waals surface area (Å²) in [4.78, 5) is 22.7. The molecule has 2 fully saturated rings. The van der Waals surface area contributed by atoms with E-state index in [1.165, 1.54) is 4.90 Å². The topological polar surface area (TPSA) is 60.4 Å². The molecular weight excluding hydrogens is 169 g/mol. The van der Waals surface area contributed by atoms with Crippen LogP contribution in [0.5, 0.6) is 0 Å². The third-order valence-corrected chi connectivity index (χ3v) is 2.47. The Balaban J connectivity index is 0.000000720. The summed E-state index contributed by atoms with van der Waals surface area (Å²) in [6, 6.07) is -0.438. The van der Waals surface area contributed by atoms with Crippen LogP contribution < -0.4 is 34.7 Å². The summed E-state index contributed by atoms with van der Waals surface area (Å²) in [5.41, 5.74) is 0. The van der Waals surface area contributed by atoms with Gasteiger partial charge in [-0.05, 0) is 12.8 Å². The average molecular weight is 177 g/mol. The first-order valence-electron chi connectivity index (χ1n) is 3.72. The van der Waals surface area contributed by atoms with Gasteiger partial charge in [0.15, 0.2) is 0 Å². The number of rotatable bonds is 1. The molecule has 0 bridgehead atoms. The standard InChI is InChI=1S/C7H9NO3.Na/c9-6-3-4-1-2-5(7(10)11)8(4)6;/h4-5H,1-3H2,(H,10,11);/q;+1/p-1/t4-,5-;/m1./s1. The van der Waals surface area contributed by atoms with Crippen molar-refractivity contribution in [2.45, 2.75) is 31.3 Å². The molecule has 1 amide bonds. The Morgan fingerprint density at radius 2 is 2.17 bits per heavy atom. The third-order valence-electron chi connectivity index (χ3n) is 2.47. The number of amides is 1. The molecule has 0 spiro atoms. The Labute approximate surface area is 92.2 Å². The molecule has 2 atom stereocenters. The molecule has 2 rings (SSSR count). The van der Waals surface area contributed by atoms with Crippen molar-refractivity contribution in [2.75, 3.05) is 0 Å². The number of fused-ring (bicyclic) bond motifs is 1. The maximum atomic E-state index is 10.9. The predicted octanol–water partition coefficient (Wildman–Crippen LogP) is -4.50. The van der Waals surface area contributed by atoms with Gasteiger partial charge in [0.2, 0.25) is 5.91 Å². The number of hydrogen-bond donors (Lipinski definition) is 0. The minimum absolute atomic E-state index is 0. The van der Waals surface area contributed by atoms with Crippen LogP contribution in [-0.4, -0.2) is 28.9 Å². The summed E-state index contributed by atoms with van der Waals surface area (Å²) in [6.07, 6.45) is 1.92. The molecule has 0 radical (unpaired) electrons. The third kappa shape index (κ3) is 1.28. The van der Waals surface area contributed by atoms with Crippen LogP contribution in [0, 0.1) is 0 Å². The summed E-state index contributed by atoms with van der Waals surface area (Å²) in [7, 11) is 0. The van der Waals surface area contributed by atoms with E-state index in [1.54, 1.807) is 0 Å². The smallest absolute Gasteiger partial charge is 0.548 e. The zero-order valence-corrected chi connectivity index (χ0v) is 8.95. The van der Waals surface area contributed by atoms with Crippen molar-refractivity contribution in [3.63, 3.8) is 0 Å². The van der Waals surface area contributed by atoms with Gasteiger partial charge in [0.05, 0.1) is 12.0 Å². The van der Waals surface area contributed by atoms with Crippen LogP contribution in [0.25, 0.3) is 0 Å². The van der Waals surface area contributed by atoms with Gasteiger partial charge in [0.1, 0.15) is 0 Å². The summed E-state index contributed by atoms with van der Waals surface area (Å²) in [5, 5.41) is 10.4. The van der Waals surface area contributed by atoms with Gasteiger partial charge in [-0.1, -0.05) is 0 Å². The van der Waals surface area contributed by atoms with Crippen molar-refractivity contribution >= 4 is 11.9 Å². The van der Waals surface area contributed by atoms with Crippen LogP contribution in [0.2, 0.25) is 0 Å². The monoisotopic (exact) mass is 177 g/mol. The van der Waals surface area contributed by atoms with Crippen molar-refractivity contribution in [3.8, 4) is 0 Å². The van der Waals surface area contributed by atoms with Gasteiger partial charge in [0.25, 0.3) is 0 Å². The minimum atomic E-state index is -1.11. The molecular formula is C7H8NNaO3. The van der Waals surface area contributed by atoms with Crippen molar-refractivity contribution in [1.29, 1.82) is 0 Å². The van der Waals surface area contributed by atoms with E-state index in [9.17, 15) is 14.7 Å². The van der Waals surface area contributed by atoms with Gasteiger partial charge in [-0.3, -0.25) is 4.79 Å². The second-order valence-electron chi connectivity index (χ2n) is 3.07. The first kappa shape index (κ1) is 10.0. The van der Waals surface area contributed by atoms with E-state index in [1.807, 2.05) is 0 Å². The van der Waals surface area contributed by atoms with Crippen LogP contribution in [0.1, 0.15) is 19.3 Å². The zero-order chi connectivity index (χ0) is 8.01. The molecule has 0 aromatic heterocycles. The van der Waals surface area contributed by atoms with Gasteiger partial charge >= 0.3 is 29.6 Å². The molecule has 5 heteroatoms. The molecule has 0 aromatic carbocycles. The quantitative estimate of drug-likeness (QED) is 0.299. The van der Waals surface area contributed by atoms with Crippen LogP contribution in [0.15, 0.2) is 0 Å². The van der Waals surface area contributed by atoms with Crippen LogP contribution in [0.3, 0.4) is 0 Å². The first-order valence-corrected chi connectivity index (χ1v) is 3.72. The Bertz CT molecular complexity index is 223. The maximum Gasteiger partial charge on any atom is 1.00 e. The van der Waals surface area contributed by atoms with Crippen molar-refractivity contribution in [2.24, 2.45) is 0 Å². The largest absolute Gasteiger partial charge is 1.00 e. The van der Waals surface area contributed by atoms with Gasteiger partial charge < -0.3 is 14.8 Å². The minimum Gasteiger partial charge on any atom is -0.548 e. The summed E-state index contributed by atoms with van der Waals surface area (Å²) < 4.78 is 0. The number of hydrogen-bond acceptors (Lipinski definition) is 3. The fourth-order valence-electron chi connectivity index (χ4n) is 1.89. The second-order valence-corrected chi connectivity index (χ2v) is 3.07. The van der Waals surface area contributed by atoms with E-state index >= 15 is 0 Å². The molecule has 2 aliphatic rings. The Kier molecular flexibility index (Phi) is 2.81. The molecule has 0 aromatic rings. The van der Waals surface area contributed by atoms with Crippen molar-refractivity contribution in [1.82, 2.24) is 4.90 Å². The number of carbonyl (C=O) groups excluding carboxylic acids is 2. The van der Waals surface area contributed by atoms with E-state index in [0.717, 1.165) is 6.42 Å². The van der Waals surface area contributed by atoms with Crippen molar-refractivity contribution < 1.29 is 44.3 Å². The van der Waals surface area contributed by atoms with Crippen molar-refractivity contribution in [3.05, 3.63) is 0 Å². The average Bonchev–Trinajstić information content (AvgIpc) is 2.25. The van der Waals surface area contributed by atoms with E-state index in [-0.39, 0.29) is 41.5 Å². The first-order chi connectivity index (χ1) is 5.20. The van der Waals surface area contributed by atoms with Gasteiger partial charge in [-0.25, -0.2) is 0 Å². The Morgan fingerprint density at radius 1 is 1.50 bits per heavy atom. The number of carbonyl (C=O) groups is 2. The fourth-order valence-corrected chi connectivity index (χ4v) is 1.89. The maximum absolute atomic E-state index is 10.9. The number of carboxylic acids is 1. The number of carboxylic acid groups (broad SMARTS) is 1. The molecule has 2 heterocycles. The summed E-state index contributed by atoms with van der Waals surface area (Å²) in [6.45, 7) is 0. The van der Waals surface area contributed by atoms with Crippen LogP contribution in [0.4, 0.5) is 0 Å². The molecule has 0 aliphatic carbocycles. The van der Waals surface area contributed by atoms with E-state index in [4.69, 9.17) is 0 Å². The summed E-state index contributed by atoms with van der Waals surface area (Å²) in [5.74, 6) is -1.15. The predicted molar refractivity (Wildman–Crippen MR) is 33.3 cm³/mol. The molecule has 2 aliphatic heterocycles. The van der Waals surface area contributed by atoms with E-state index in [0.29, 0.717) is 12.8 Å². The molecule has 12 heavy (non-hydrogen) atoms. The number of β-lactam (4-membered cyclic amide) rings is 1. The molecule has 2 saturated heterocycles.